The number of benzene rings is 2. The van der Waals surface area contributed by atoms with Gasteiger partial charge >= 0.3 is 0 Å². The predicted octanol–water partition coefficient (Wildman–Crippen LogP) is 2.58. The molecule has 0 unspecified atom stereocenters. The molecule has 2 aromatic carbocycles. The van der Waals surface area contributed by atoms with Gasteiger partial charge in [0, 0.05) is 18.5 Å². The van der Waals surface area contributed by atoms with E-state index < -0.39 is 0 Å². The van der Waals surface area contributed by atoms with Crippen LogP contribution >= 0.6 is 0 Å². The molecule has 3 rings (SSSR count). The summed E-state index contributed by atoms with van der Waals surface area (Å²) in [5.41, 5.74) is 7.48. The number of fused-ring (bicyclic) bond motifs is 1. The molecule has 0 fully saturated rings. The number of para-hydroxylation sites is 2. The molecule has 0 aliphatic carbocycles. The van der Waals surface area contributed by atoms with Crippen molar-refractivity contribution < 1.29 is 19.1 Å². The van der Waals surface area contributed by atoms with Gasteiger partial charge in [0.15, 0.2) is 11.5 Å². The smallest absolute Gasteiger partial charge is 0.251 e. The Morgan fingerprint density at radius 2 is 1.78 bits per heavy atom. The Labute approximate surface area is 157 Å². The fourth-order valence-electron chi connectivity index (χ4n) is 2.72. The second kappa shape index (κ2) is 8.93. The zero-order valence-electron chi connectivity index (χ0n) is 15.0. The van der Waals surface area contributed by atoms with Gasteiger partial charge in [-0.05, 0) is 43.2 Å². The van der Waals surface area contributed by atoms with Crippen LogP contribution in [0, 0.1) is 0 Å². The highest BCUT2D eigenvalue weighted by Gasteiger charge is 2.14. The molecule has 7 heteroatoms. The average molecular weight is 369 g/mol. The minimum atomic E-state index is -0.173. The molecule has 27 heavy (non-hydrogen) atoms. The van der Waals surface area contributed by atoms with Crippen LogP contribution in [-0.2, 0) is 4.79 Å². The number of hydrogen-bond acceptors (Lipinski definition) is 5. The van der Waals surface area contributed by atoms with Crippen LogP contribution in [0.5, 0.6) is 11.5 Å². The van der Waals surface area contributed by atoms with Gasteiger partial charge in [-0.25, -0.2) is 0 Å². The number of ether oxygens (including phenoxy) is 2. The van der Waals surface area contributed by atoms with E-state index in [0.29, 0.717) is 67.5 Å². The Hall–Kier alpha value is -3.22. The summed E-state index contributed by atoms with van der Waals surface area (Å²) in [5.74, 6) is 0.980. The number of nitrogens with one attached hydrogen (secondary N) is 2. The third kappa shape index (κ3) is 5.13. The second-order valence-corrected chi connectivity index (χ2v) is 6.21. The number of carbonyl (C=O) groups excluding carboxylic acids is 2. The van der Waals surface area contributed by atoms with Crippen LogP contribution in [0.25, 0.3) is 0 Å². The van der Waals surface area contributed by atoms with Gasteiger partial charge in [0.2, 0.25) is 5.91 Å². The molecule has 0 saturated heterocycles. The summed E-state index contributed by atoms with van der Waals surface area (Å²) in [4.78, 5) is 24.1. The van der Waals surface area contributed by atoms with Crippen molar-refractivity contribution in [2.24, 2.45) is 0 Å². The first-order chi connectivity index (χ1) is 13.1. The summed E-state index contributed by atoms with van der Waals surface area (Å²) in [5, 5.41) is 5.64. The van der Waals surface area contributed by atoms with Crippen LogP contribution in [-0.4, -0.2) is 31.6 Å². The number of anilines is 2. The SMILES string of the molecule is Nc1ccccc1NC(=O)CCCCNC(=O)c1ccc2c(c1)OCCO2. The van der Waals surface area contributed by atoms with Crippen LogP contribution in [0.1, 0.15) is 29.6 Å². The summed E-state index contributed by atoms with van der Waals surface area (Å²) in [6, 6.07) is 12.3. The van der Waals surface area contributed by atoms with Crippen molar-refractivity contribution >= 4 is 23.2 Å². The first-order valence-corrected chi connectivity index (χ1v) is 8.96. The minimum Gasteiger partial charge on any atom is -0.486 e. The minimum absolute atomic E-state index is 0.0916. The van der Waals surface area contributed by atoms with Gasteiger partial charge in [0.25, 0.3) is 5.91 Å². The van der Waals surface area contributed by atoms with Crippen molar-refractivity contribution in [3.05, 3.63) is 48.0 Å². The van der Waals surface area contributed by atoms with E-state index in [1.165, 1.54) is 0 Å². The van der Waals surface area contributed by atoms with Crippen molar-refractivity contribution in [2.75, 3.05) is 30.8 Å². The number of nitrogens with two attached hydrogens (primary N) is 1. The van der Waals surface area contributed by atoms with E-state index in [4.69, 9.17) is 15.2 Å². The Morgan fingerprint density at radius 1 is 1.00 bits per heavy atom. The highest BCUT2D eigenvalue weighted by Crippen LogP contribution is 2.30. The number of hydrogen-bond donors (Lipinski definition) is 3. The summed E-state index contributed by atoms with van der Waals surface area (Å²) >= 11 is 0. The molecule has 1 aliphatic heterocycles. The number of unbranched alkanes of at least 4 members (excludes halogenated alkanes) is 1. The molecule has 4 N–H and O–H groups in total. The summed E-state index contributed by atoms with van der Waals surface area (Å²) in [6.07, 6.45) is 1.74. The lowest BCUT2D eigenvalue weighted by Crippen LogP contribution is -2.25. The highest BCUT2D eigenvalue weighted by atomic mass is 16.6. The van der Waals surface area contributed by atoms with Crippen LogP contribution in [0.3, 0.4) is 0 Å². The van der Waals surface area contributed by atoms with Crippen molar-refractivity contribution in [1.82, 2.24) is 5.32 Å². The van der Waals surface area contributed by atoms with Gasteiger partial charge in [-0.3, -0.25) is 9.59 Å². The second-order valence-electron chi connectivity index (χ2n) is 6.21. The molecule has 142 valence electrons. The molecule has 0 atom stereocenters. The first-order valence-electron chi connectivity index (χ1n) is 8.96. The van der Waals surface area contributed by atoms with Crippen LogP contribution in [0.4, 0.5) is 11.4 Å². The normalized spacial score (nSPS) is 12.3. The zero-order valence-corrected chi connectivity index (χ0v) is 15.0. The Kier molecular flexibility index (Phi) is 6.14. The lowest BCUT2D eigenvalue weighted by molar-refractivity contribution is -0.116. The molecule has 0 aromatic heterocycles. The van der Waals surface area contributed by atoms with Crippen molar-refractivity contribution in [1.29, 1.82) is 0 Å². The predicted molar refractivity (Wildman–Crippen MR) is 103 cm³/mol. The third-order valence-corrected chi connectivity index (χ3v) is 4.16. The van der Waals surface area contributed by atoms with E-state index in [1.807, 2.05) is 12.1 Å². The molecular weight excluding hydrogens is 346 g/mol. The standard InChI is InChI=1S/C20H23N3O4/c21-15-5-1-2-6-16(15)23-19(24)7-3-4-10-22-20(25)14-8-9-17-18(13-14)27-12-11-26-17/h1-2,5-6,8-9,13H,3-4,7,10-12,21H2,(H,22,25)(H,23,24). The monoisotopic (exact) mass is 369 g/mol. The molecular formula is C20H23N3O4. The van der Waals surface area contributed by atoms with Crippen molar-refractivity contribution in [3.8, 4) is 11.5 Å². The summed E-state index contributed by atoms with van der Waals surface area (Å²) in [6.45, 7) is 1.49. The van der Waals surface area contributed by atoms with Gasteiger partial charge in [0.05, 0.1) is 11.4 Å². The number of nitrogen functional groups attached to an aromatic ring is 1. The van der Waals surface area contributed by atoms with Crippen LogP contribution in [0.15, 0.2) is 42.5 Å². The molecule has 1 aliphatic rings. The Bertz CT molecular complexity index is 823. The van der Waals surface area contributed by atoms with Crippen LogP contribution in [0.2, 0.25) is 0 Å². The third-order valence-electron chi connectivity index (χ3n) is 4.16. The van der Waals surface area contributed by atoms with E-state index in [9.17, 15) is 9.59 Å². The molecule has 1 heterocycles. The molecule has 0 bridgehead atoms. The number of carbonyl (C=O) groups is 2. The van der Waals surface area contributed by atoms with Gasteiger partial charge in [-0.2, -0.15) is 0 Å². The lowest BCUT2D eigenvalue weighted by atomic mass is 10.1. The average Bonchev–Trinajstić information content (AvgIpc) is 2.69. The molecule has 0 saturated carbocycles. The van der Waals surface area contributed by atoms with Gasteiger partial charge in [0.1, 0.15) is 13.2 Å². The van der Waals surface area contributed by atoms with E-state index in [-0.39, 0.29) is 11.8 Å². The van der Waals surface area contributed by atoms with E-state index in [2.05, 4.69) is 10.6 Å². The maximum atomic E-state index is 12.2. The number of amides is 2. The van der Waals surface area contributed by atoms with Crippen LogP contribution < -0.4 is 25.8 Å². The van der Waals surface area contributed by atoms with Gasteiger partial charge < -0.3 is 25.8 Å². The lowest BCUT2D eigenvalue weighted by Gasteiger charge is -2.18. The zero-order chi connectivity index (χ0) is 19.1. The molecule has 0 spiro atoms. The summed E-state index contributed by atoms with van der Waals surface area (Å²) < 4.78 is 10.9. The largest absolute Gasteiger partial charge is 0.486 e. The van der Waals surface area contributed by atoms with E-state index >= 15 is 0 Å². The highest BCUT2D eigenvalue weighted by molar-refractivity contribution is 5.95. The van der Waals surface area contributed by atoms with Gasteiger partial charge in [-0.1, -0.05) is 12.1 Å². The van der Waals surface area contributed by atoms with Crippen molar-refractivity contribution in [2.45, 2.75) is 19.3 Å². The van der Waals surface area contributed by atoms with E-state index in [0.717, 1.165) is 0 Å². The maximum Gasteiger partial charge on any atom is 0.251 e. The van der Waals surface area contributed by atoms with Crippen molar-refractivity contribution in [3.63, 3.8) is 0 Å². The topological polar surface area (TPSA) is 103 Å². The maximum absolute atomic E-state index is 12.2. The molecule has 2 aromatic rings. The fourth-order valence-corrected chi connectivity index (χ4v) is 2.72. The molecule has 2 amide bonds. The van der Waals surface area contributed by atoms with E-state index in [1.54, 1.807) is 30.3 Å². The fraction of sp³-hybridized carbons (Fsp3) is 0.300. The molecule has 0 radical (unpaired) electrons. The Morgan fingerprint density at radius 3 is 2.59 bits per heavy atom. The summed E-state index contributed by atoms with van der Waals surface area (Å²) in [7, 11) is 0. The number of rotatable bonds is 7. The first kappa shape index (κ1) is 18.6. The quantitative estimate of drug-likeness (QED) is 0.514. The van der Waals surface area contributed by atoms with Gasteiger partial charge in [-0.15, -0.1) is 0 Å². The molecule has 7 nitrogen and oxygen atoms in total. The Balaban J connectivity index is 1.37.